The molecule has 1 N–H and O–H groups in total. The van der Waals surface area contributed by atoms with Crippen LogP contribution in [0.25, 0.3) is 11.6 Å². The van der Waals surface area contributed by atoms with Gasteiger partial charge in [-0.1, -0.05) is 38.1 Å². The fourth-order valence-corrected chi connectivity index (χ4v) is 3.37. The number of carbonyl (C=O) groups excluding carboxylic acids is 1. The van der Waals surface area contributed by atoms with Crippen molar-refractivity contribution in [3.8, 4) is 23.1 Å². The number of hydrogen-bond donors (Lipinski definition) is 1. The van der Waals surface area contributed by atoms with Gasteiger partial charge in [0.1, 0.15) is 0 Å². The number of methoxy groups -OCH3 is 2. The summed E-state index contributed by atoms with van der Waals surface area (Å²) in [5, 5.41) is 7.64. The molecule has 0 saturated heterocycles. The number of aromatic nitrogens is 3. The Kier molecular flexibility index (Phi) is 6.44. The third kappa shape index (κ3) is 4.74. The van der Waals surface area contributed by atoms with Crippen molar-refractivity contribution in [1.29, 1.82) is 0 Å². The summed E-state index contributed by atoms with van der Waals surface area (Å²) in [4.78, 5) is 17.8. The Morgan fingerprint density at radius 1 is 1.06 bits per heavy atom. The molecular formula is C25H26N4O4. The molecule has 4 rings (SSSR count). The molecule has 170 valence electrons. The third-order valence-electron chi connectivity index (χ3n) is 5.27. The summed E-state index contributed by atoms with van der Waals surface area (Å²) in [7, 11) is 3.07. The summed E-state index contributed by atoms with van der Waals surface area (Å²) < 4.78 is 17.3. The second-order valence-electron chi connectivity index (χ2n) is 7.77. The summed E-state index contributed by atoms with van der Waals surface area (Å²) in [5.74, 6) is 2.18. The van der Waals surface area contributed by atoms with Crippen LogP contribution in [0.4, 0.5) is 5.95 Å². The zero-order valence-electron chi connectivity index (χ0n) is 19.0. The lowest BCUT2D eigenvalue weighted by Crippen LogP contribution is -2.17. The van der Waals surface area contributed by atoms with E-state index in [1.54, 1.807) is 37.4 Å². The van der Waals surface area contributed by atoms with E-state index in [1.807, 2.05) is 0 Å². The molecule has 0 aliphatic rings. The number of nitrogens with one attached hydrogen (secondary N) is 1. The van der Waals surface area contributed by atoms with E-state index in [9.17, 15) is 4.79 Å². The highest BCUT2D eigenvalue weighted by atomic mass is 16.5. The van der Waals surface area contributed by atoms with Crippen LogP contribution in [-0.4, -0.2) is 34.9 Å². The lowest BCUT2D eigenvalue weighted by molar-refractivity contribution is 0.0947. The topological polar surface area (TPSA) is 91.4 Å². The van der Waals surface area contributed by atoms with Gasteiger partial charge in [0.2, 0.25) is 11.8 Å². The van der Waals surface area contributed by atoms with Crippen molar-refractivity contribution in [3.63, 3.8) is 0 Å². The molecule has 0 bridgehead atoms. The van der Waals surface area contributed by atoms with Crippen molar-refractivity contribution in [2.75, 3.05) is 19.5 Å². The minimum atomic E-state index is -0.362. The summed E-state index contributed by atoms with van der Waals surface area (Å²) >= 11 is 0. The van der Waals surface area contributed by atoms with Gasteiger partial charge in [-0.05, 0) is 47.4 Å². The number of benzene rings is 2. The molecule has 8 heteroatoms. The van der Waals surface area contributed by atoms with Crippen molar-refractivity contribution >= 4 is 11.9 Å². The Morgan fingerprint density at radius 3 is 2.45 bits per heavy atom. The number of anilines is 1. The molecule has 8 nitrogen and oxygen atoms in total. The highest BCUT2D eigenvalue weighted by molar-refractivity contribution is 5.97. The summed E-state index contributed by atoms with van der Waals surface area (Å²) in [6.07, 6.45) is 1.54. The van der Waals surface area contributed by atoms with E-state index in [0.29, 0.717) is 47.1 Å². The maximum Gasteiger partial charge on any atom is 0.281 e. The maximum absolute atomic E-state index is 13.3. The Labute approximate surface area is 192 Å². The van der Waals surface area contributed by atoms with E-state index in [2.05, 4.69) is 53.5 Å². The molecule has 0 unspecified atom stereocenters. The lowest BCUT2D eigenvalue weighted by Gasteiger charge is -2.11. The molecule has 0 aliphatic carbocycles. The monoisotopic (exact) mass is 446 g/mol. The van der Waals surface area contributed by atoms with Crippen LogP contribution in [0.15, 0.2) is 65.3 Å². The molecule has 0 saturated carbocycles. The number of ether oxygens (including phenoxy) is 2. The molecule has 0 amide bonds. The highest BCUT2D eigenvalue weighted by Crippen LogP contribution is 2.28. The largest absolute Gasteiger partial charge is 0.493 e. The van der Waals surface area contributed by atoms with Crippen molar-refractivity contribution in [2.24, 2.45) is 0 Å². The van der Waals surface area contributed by atoms with Crippen molar-refractivity contribution in [1.82, 2.24) is 14.8 Å². The van der Waals surface area contributed by atoms with Crippen LogP contribution in [-0.2, 0) is 6.54 Å². The van der Waals surface area contributed by atoms with E-state index >= 15 is 0 Å². The second-order valence-corrected chi connectivity index (χ2v) is 7.77. The van der Waals surface area contributed by atoms with E-state index in [-0.39, 0.29) is 5.91 Å². The van der Waals surface area contributed by atoms with Gasteiger partial charge in [-0.3, -0.25) is 4.79 Å². The molecule has 0 spiro atoms. The Morgan fingerprint density at radius 2 is 1.82 bits per heavy atom. The first-order valence-corrected chi connectivity index (χ1v) is 10.6. The van der Waals surface area contributed by atoms with Gasteiger partial charge >= 0.3 is 0 Å². The standard InChI is InChI=1S/C25H26N4O4/c1-16(2)18-9-7-17(8-10-18)15-26-25-27-23(21-6-5-13-33-21)28-29(25)24(30)19-11-12-20(31-3)22(14-19)32-4/h5-14,16H,15H2,1-4H3,(H,26,27,28). The van der Waals surface area contributed by atoms with Crippen LogP contribution in [0.1, 0.15) is 41.3 Å². The van der Waals surface area contributed by atoms with Crippen molar-refractivity contribution in [2.45, 2.75) is 26.3 Å². The van der Waals surface area contributed by atoms with E-state index in [0.717, 1.165) is 5.56 Å². The minimum absolute atomic E-state index is 0.312. The Balaban J connectivity index is 1.64. The number of hydrogen-bond acceptors (Lipinski definition) is 7. The zero-order chi connectivity index (χ0) is 23.4. The van der Waals surface area contributed by atoms with Gasteiger partial charge in [0, 0.05) is 12.1 Å². The quantitative estimate of drug-likeness (QED) is 0.408. The zero-order valence-corrected chi connectivity index (χ0v) is 19.0. The summed E-state index contributed by atoms with van der Waals surface area (Å²) in [5.41, 5.74) is 2.71. The molecule has 2 aromatic carbocycles. The number of furan rings is 1. The van der Waals surface area contributed by atoms with Gasteiger partial charge in [0.15, 0.2) is 17.3 Å². The SMILES string of the molecule is COc1ccc(C(=O)n2nc(-c3ccco3)nc2NCc2ccc(C(C)C)cc2)cc1OC. The van der Waals surface area contributed by atoms with Crippen LogP contribution >= 0.6 is 0 Å². The average molecular weight is 447 g/mol. The molecule has 0 atom stereocenters. The number of nitrogens with zero attached hydrogens (tertiary/aromatic N) is 3. The van der Waals surface area contributed by atoms with Gasteiger partial charge < -0.3 is 19.2 Å². The van der Waals surface area contributed by atoms with Gasteiger partial charge in [-0.15, -0.1) is 5.10 Å². The molecule has 2 aromatic heterocycles. The van der Waals surface area contributed by atoms with Crippen molar-refractivity contribution in [3.05, 3.63) is 77.6 Å². The average Bonchev–Trinajstić information content (AvgIpc) is 3.52. The van der Waals surface area contributed by atoms with E-state index in [4.69, 9.17) is 13.9 Å². The van der Waals surface area contributed by atoms with Crippen LogP contribution in [0.2, 0.25) is 0 Å². The predicted octanol–water partition coefficient (Wildman–Crippen LogP) is 4.98. The van der Waals surface area contributed by atoms with Gasteiger partial charge in [0.25, 0.3) is 5.91 Å². The molecule has 4 aromatic rings. The third-order valence-corrected chi connectivity index (χ3v) is 5.27. The van der Waals surface area contributed by atoms with Crippen LogP contribution in [0.3, 0.4) is 0 Å². The first kappa shape index (κ1) is 22.1. The second kappa shape index (κ2) is 9.60. The maximum atomic E-state index is 13.3. The van der Waals surface area contributed by atoms with E-state index < -0.39 is 0 Å². The van der Waals surface area contributed by atoms with Crippen LogP contribution in [0.5, 0.6) is 11.5 Å². The Bertz CT molecular complexity index is 1230. The fraction of sp³-hybridized carbons (Fsp3) is 0.240. The molecule has 0 radical (unpaired) electrons. The fourth-order valence-electron chi connectivity index (χ4n) is 3.37. The molecule has 0 fully saturated rings. The minimum Gasteiger partial charge on any atom is -0.493 e. The summed E-state index contributed by atoms with van der Waals surface area (Å²) in [6, 6.07) is 16.8. The summed E-state index contributed by atoms with van der Waals surface area (Å²) in [6.45, 7) is 4.80. The van der Waals surface area contributed by atoms with Gasteiger partial charge in [-0.25, -0.2) is 0 Å². The van der Waals surface area contributed by atoms with Gasteiger partial charge in [0.05, 0.1) is 20.5 Å². The van der Waals surface area contributed by atoms with Crippen molar-refractivity contribution < 1.29 is 18.7 Å². The van der Waals surface area contributed by atoms with Crippen LogP contribution < -0.4 is 14.8 Å². The van der Waals surface area contributed by atoms with Crippen LogP contribution in [0, 0.1) is 0 Å². The predicted molar refractivity (Wildman–Crippen MR) is 125 cm³/mol. The first-order chi connectivity index (χ1) is 16.0. The number of carbonyl (C=O) groups is 1. The number of rotatable bonds is 8. The first-order valence-electron chi connectivity index (χ1n) is 10.6. The lowest BCUT2D eigenvalue weighted by atomic mass is 10.0. The Hall–Kier alpha value is -4.07. The normalized spacial score (nSPS) is 10.9. The molecule has 0 aliphatic heterocycles. The van der Waals surface area contributed by atoms with Gasteiger partial charge in [-0.2, -0.15) is 9.67 Å². The smallest absolute Gasteiger partial charge is 0.281 e. The molecule has 2 heterocycles. The molecular weight excluding hydrogens is 420 g/mol. The highest BCUT2D eigenvalue weighted by Gasteiger charge is 2.21. The molecule has 33 heavy (non-hydrogen) atoms. The van der Waals surface area contributed by atoms with E-state index in [1.165, 1.54) is 23.6 Å².